The van der Waals surface area contributed by atoms with E-state index in [9.17, 15) is 4.79 Å². The number of carbonyl (C=O) groups excluding carboxylic acids is 1. The lowest BCUT2D eigenvalue weighted by molar-refractivity contribution is -0.125. The second kappa shape index (κ2) is 4.96. The number of carbonyl (C=O) groups is 1. The van der Waals surface area contributed by atoms with Gasteiger partial charge in [0.1, 0.15) is 0 Å². The van der Waals surface area contributed by atoms with Gasteiger partial charge in [-0.15, -0.1) is 0 Å². The van der Waals surface area contributed by atoms with Crippen LogP contribution in [0.3, 0.4) is 0 Å². The minimum absolute atomic E-state index is 0.0401. The van der Waals surface area contributed by atoms with Crippen LogP contribution >= 0.6 is 12.8 Å². The molecule has 1 rings (SSSR count). The topological polar surface area (TPSA) is 32.3 Å². The highest BCUT2D eigenvalue weighted by molar-refractivity contribution is 7.77. The molecule has 1 aliphatic heterocycles. The van der Waals surface area contributed by atoms with E-state index in [0.717, 1.165) is 25.9 Å². The molecule has 3 nitrogen and oxygen atoms in total. The molecule has 1 saturated heterocycles. The Kier molecular flexibility index (Phi) is 4.29. The highest BCUT2D eigenvalue weighted by Gasteiger charge is 2.31. The lowest BCUT2D eigenvalue weighted by atomic mass is 9.88. The van der Waals surface area contributed by atoms with Crippen molar-refractivity contribution in [3.05, 3.63) is 0 Å². The van der Waals surface area contributed by atoms with Crippen molar-refractivity contribution < 1.29 is 4.79 Å². The number of thiol groups is 1. The van der Waals surface area contributed by atoms with Crippen molar-refractivity contribution in [3.63, 3.8) is 0 Å². The Morgan fingerprint density at radius 2 is 1.88 bits per heavy atom. The molecule has 0 atom stereocenters. The summed E-state index contributed by atoms with van der Waals surface area (Å²) in [7, 11) is 0. The van der Waals surface area contributed by atoms with Gasteiger partial charge < -0.3 is 5.32 Å². The molecule has 0 unspecified atom stereocenters. The third-order valence-corrected chi connectivity index (χ3v) is 3.38. The lowest BCUT2D eigenvalue weighted by Crippen LogP contribution is -2.52. The molecule has 0 bridgehead atoms. The Bertz CT molecular complexity index is 252. The van der Waals surface area contributed by atoms with Gasteiger partial charge in [0, 0.05) is 25.0 Å². The Labute approximate surface area is 105 Å². The first-order chi connectivity index (χ1) is 7.20. The zero-order valence-electron chi connectivity index (χ0n) is 10.8. The summed E-state index contributed by atoms with van der Waals surface area (Å²) in [6.45, 7) is 10.3. The third-order valence-electron chi connectivity index (χ3n) is 2.98. The van der Waals surface area contributed by atoms with Crippen molar-refractivity contribution in [2.45, 2.75) is 52.5 Å². The maximum Gasteiger partial charge on any atom is 0.220 e. The first-order valence-electron chi connectivity index (χ1n) is 5.95. The first-order valence-corrected chi connectivity index (χ1v) is 6.35. The molecule has 4 heteroatoms. The highest BCUT2D eigenvalue weighted by Crippen LogP contribution is 2.24. The molecule has 1 N–H and O–H groups in total. The van der Waals surface area contributed by atoms with E-state index in [1.165, 1.54) is 0 Å². The zero-order valence-corrected chi connectivity index (χ0v) is 11.7. The summed E-state index contributed by atoms with van der Waals surface area (Å²) in [6, 6.07) is 0. The van der Waals surface area contributed by atoms with Crippen LogP contribution in [0.15, 0.2) is 0 Å². The van der Waals surface area contributed by atoms with Crippen LogP contribution in [0.1, 0.15) is 47.0 Å². The maximum absolute atomic E-state index is 11.9. The van der Waals surface area contributed by atoms with Crippen molar-refractivity contribution in [2.75, 3.05) is 13.1 Å². The largest absolute Gasteiger partial charge is 0.351 e. The normalized spacial score (nSPS) is 21.8. The van der Waals surface area contributed by atoms with Gasteiger partial charge in [0.15, 0.2) is 0 Å². The van der Waals surface area contributed by atoms with Crippen LogP contribution in [0.2, 0.25) is 0 Å². The van der Waals surface area contributed by atoms with E-state index >= 15 is 0 Å². The Morgan fingerprint density at radius 1 is 1.38 bits per heavy atom. The predicted octanol–water partition coefficient (Wildman–Crippen LogP) is 2.24. The molecule has 1 fully saturated rings. The average molecular weight is 244 g/mol. The van der Waals surface area contributed by atoms with E-state index < -0.39 is 0 Å². The Balaban J connectivity index is 2.44. The van der Waals surface area contributed by atoms with Crippen LogP contribution in [-0.2, 0) is 4.79 Å². The number of rotatable bonds is 2. The van der Waals surface area contributed by atoms with Gasteiger partial charge in [-0.2, -0.15) is 0 Å². The van der Waals surface area contributed by atoms with Gasteiger partial charge in [0.25, 0.3) is 0 Å². The predicted molar refractivity (Wildman–Crippen MR) is 70.4 cm³/mol. The monoisotopic (exact) mass is 244 g/mol. The first kappa shape index (κ1) is 13.8. The summed E-state index contributed by atoms with van der Waals surface area (Å²) in [4.78, 5) is 11.9. The fraction of sp³-hybridized carbons (Fsp3) is 0.917. The molecule has 0 aromatic heterocycles. The molecule has 16 heavy (non-hydrogen) atoms. The number of hydrogen-bond acceptors (Lipinski definition) is 3. The van der Waals surface area contributed by atoms with E-state index in [2.05, 4.69) is 45.8 Å². The summed E-state index contributed by atoms with van der Waals surface area (Å²) >= 11 is 4.32. The molecule has 0 aromatic carbocycles. The van der Waals surface area contributed by atoms with Crippen molar-refractivity contribution in [1.29, 1.82) is 0 Å². The minimum atomic E-state index is -0.0401. The molecule has 94 valence electrons. The smallest absolute Gasteiger partial charge is 0.220 e. The summed E-state index contributed by atoms with van der Waals surface area (Å²) in [5.41, 5.74) is 0.0201. The van der Waals surface area contributed by atoms with Gasteiger partial charge in [-0.25, -0.2) is 0 Å². The zero-order chi connectivity index (χ0) is 12.4. The number of hydrogen-bond donors (Lipinski definition) is 2. The molecule has 0 radical (unpaired) electrons. The van der Waals surface area contributed by atoms with Crippen molar-refractivity contribution >= 4 is 18.7 Å². The standard InChI is InChI=1S/C12H24N2OS/c1-11(2,3)9-10(15)13-12(4)5-7-14(16)8-6-12/h16H,5-9H2,1-4H3,(H,13,15). The fourth-order valence-corrected chi connectivity index (χ4v) is 2.18. The van der Waals surface area contributed by atoms with Crippen LogP contribution in [0.4, 0.5) is 0 Å². The summed E-state index contributed by atoms with van der Waals surface area (Å²) in [5, 5.41) is 3.17. The third kappa shape index (κ3) is 4.74. The van der Waals surface area contributed by atoms with Gasteiger partial charge in [-0.1, -0.05) is 33.6 Å². The molecule has 0 spiro atoms. The number of amides is 1. The van der Waals surface area contributed by atoms with Gasteiger partial charge in [-0.05, 0) is 25.2 Å². The molecular formula is C12H24N2OS. The van der Waals surface area contributed by atoms with Crippen molar-refractivity contribution in [3.8, 4) is 0 Å². The van der Waals surface area contributed by atoms with Crippen molar-refractivity contribution in [1.82, 2.24) is 9.62 Å². The van der Waals surface area contributed by atoms with E-state index in [0.29, 0.717) is 6.42 Å². The molecular weight excluding hydrogens is 220 g/mol. The van der Waals surface area contributed by atoms with E-state index in [1.807, 2.05) is 4.31 Å². The van der Waals surface area contributed by atoms with Gasteiger partial charge in [-0.3, -0.25) is 9.10 Å². The molecule has 1 amide bonds. The minimum Gasteiger partial charge on any atom is -0.351 e. The van der Waals surface area contributed by atoms with Crippen LogP contribution in [0.5, 0.6) is 0 Å². The lowest BCUT2D eigenvalue weighted by Gasteiger charge is -2.38. The second-order valence-corrected chi connectivity index (χ2v) is 6.87. The van der Waals surface area contributed by atoms with Gasteiger partial charge in [0.05, 0.1) is 0 Å². The van der Waals surface area contributed by atoms with E-state index in [1.54, 1.807) is 0 Å². The number of nitrogens with one attached hydrogen (secondary N) is 1. The van der Waals surface area contributed by atoms with Gasteiger partial charge in [0.2, 0.25) is 5.91 Å². The molecule has 1 aliphatic rings. The number of nitrogens with zero attached hydrogens (tertiary/aromatic N) is 1. The SMILES string of the molecule is CC(C)(C)CC(=O)NC1(C)CCN(S)CC1. The Morgan fingerprint density at radius 3 is 2.31 bits per heavy atom. The fourth-order valence-electron chi connectivity index (χ4n) is 1.98. The molecule has 0 saturated carbocycles. The highest BCUT2D eigenvalue weighted by atomic mass is 32.1. The van der Waals surface area contributed by atoms with Crippen LogP contribution in [-0.4, -0.2) is 28.8 Å². The summed E-state index contributed by atoms with van der Waals surface area (Å²) in [6.07, 6.45) is 2.55. The number of piperidine rings is 1. The summed E-state index contributed by atoms with van der Waals surface area (Å²) < 4.78 is 2.01. The van der Waals surface area contributed by atoms with Crippen molar-refractivity contribution in [2.24, 2.45) is 5.41 Å². The van der Waals surface area contributed by atoms with E-state index in [-0.39, 0.29) is 16.9 Å². The Hall–Kier alpha value is -0.220. The van der Waals surface area contributed by atoms with Crippen LogP contribution < -0.4 is 5.32 Å². The molecule has 0 aliphatic carbocycles. The molecule has 0 aromatic rings. The second-order valence-electron chi connectivity index (χ2n) is 6.30. The van der Waals surface area contributed by atoms with E-state index in [4.69, 9.17) is 0 Å². The average Bonchev–Trinajstić information content (AvgIpc) is 2.07. The van der Waals surface area contributed by atoms with Crippen LogP contribution in [0.25, 0.3) is 0 Å². The van der Waals surface area contributed by atoms with Crippen LogP contribution in [0, 0.1) is 5.41 Å². The maximum atomic E-state index is 11.9. The molecule has 1 heterocycles. The van der Waals surface area contributed by atoms with Gasteiger partial charge >= 0.3 is 0 Å². The quantitative estimate of drug-likeness (QED) is 0.730. The summed E-state index contributed by atoms with van der Waals surface area (Å²) in [5.74, 6) is 0.169.